The third kappa shape index (κ3) is 7.78. The smallest absolute Gasteiger partial charge is 0.407 e. The minimum absolute atomic E-state index is 0.0746. The first kappa shape index (κ1) is 38.8. The predicted octanol–water partition coefficient (Wildman–Crippen LogP) is 8.47. The number of hydrogen-bond donors (Lipinski definition) is 3. The Morgan fingerprint density at radius 1 is 0.644 bits per heavy atom. The predicted molar refractivity (Wildman–Crippen MR) is 226 cm³/mol. The van der Waals surface area contributed by atoms with E-state index in [2.05, 4.69) is 80.4 Å². The van der Waals surface area contributed by atoms with Crippen LogP contribution in [-0.2, 0) is 9.59 Å². The van der Waals surface area contributed by atoms with Gasteiger partial charge in [-0.05, 0) is 92.3 Å². The molecule has 9 rings (SSSR count). The number of amides is 3. The molecule has 0 bridgehead atoms. The van der Waals surface area contributed by atoms with Crippen LogP contribution in [0.5, 0.6) is 0 Å². The Hall–Kier alpha value is -5.75. The number of hydrogen-bond acceptors (Lipinski definition) is 6. The summed E-state index contributed by atoms with van der Waals surface area (Å²) in [6, 6.07) is 26.7. The second-order valence-corrected chi connectivity index (χ2v) is 17.1. The number of likely N-dealkylation sites (tertiary alicyclic amines) is 4. The van der Waals surface area contributed by atoms with E-state index < -0.39 is 11.5 Å². The van der Waals surface area contributed by atoms with E-state index in [4.69, 9.17) is 9.97 Å². The average Bonchev–Trinajstić information content (AvgIpc) is 4.12. The lowest BCUT2D eigenvalue weighted by atomic mass is 9.79. The molecule has 12 heteroatoms. The summed E-state index contributed by atoms with van der Waals surface area (Å²) in [6.07, 6.45) is 11.0. The number of rotatable bonds is 9. The summed E-state index contributed by atoms with van der Waals surface area (Å²) in [5, 5.41) is 9.38. The molecular formula is C47H54N8O4. The summed E-state index contributed by atoms with van der Waals surface area (Å²) in [4.78, 5) is 64.1. The van der Waals surface area contributed by atoms with Crippen LogP contribution in [0, 0.1) is 5.41 Å². The molecule has 4 fully saturated rings. The first-order chi connectivity index (χ1) is 28.8. The molecule has 0 spiro atoms. The third-order valence-electron chi connectivity index (χ3n) is 13.4. The molecule has 3 atom stereocenters. The summed E-state index contributed by atoms with van der Waals surface area (Å²) in [7, 11) is 0. The van der Waals surface area contributed by atoms with Crippen molar-refractivity contribution < 1.29 is 19.5 Å². The third-order valence-corrected chi connectivity index (χ3v) is 13.4. The highest BCUT2D eigenvalue weighted by atomic mass is 16.4. The Bertz CT molecular complexity index is 2250. The number of H-pyrrole nitrogens is 2. The van der Waals surface area contributed by atoms with Crippen molar-refractivity contribution in [2.45, 2.75) is 82.8 Å². The highest BCUT2D eigenvalue weighted by Crippen LogP contribution is 2.40. The number of piperidine rings is 2. The maximum atomic E-state index is 14.4. The fourth-order valence-electron chi connectivity index (χ4n) is 9.83. The van der Waals surface area contributed by atoms with Gasteiger partial charge in [-0.1, -0.05) is 92.2 Å². The molecule has 6 heterocycles. The van der Waals surface area contributed by atoms with E-state index in [9.17, 15) is 19.5 Å². The number of carbonyl (C=O) groups excluding carboxylic acids is 2. The molecule has 0 aliphatic carbocycles. The number of aromatic amines is 2. The molecule has 5 aromatic rings. The Morgan fingerprint density at radius 2 is 1.15 bits per heavy atom. The van der Waals surface area contributed by atoms with Gasteiger partial charge in [-0.25, -0.2) is 14.8 Å². The van der Waals surface area contributed by atoms with Gasteiger partial charge in [0.05, 0.1) is 35.9 Å². The fraction of sp³-hybridized carbons (Fsp3) is 0.426. The van der Waals surface area contributed by atoms with E-state index in [0.29, 0.717) is 32.5 Å². The van der Waals surface area contributed by atoms with Crippen molar-refractivity contribution in [1.29, 1.82) is 0 Å². The molecule has 59 heavy (non-hydrogen) atoms. The molecule has 3 aromatic carbocycles. The lowest BCUT2D eigenvalue weighted by Crippen LogP contribution is -2.49. The van der Waals surface area contributed by atoms with Crippen LogP contribution in [0.2, 0.25) is 0 Å². The first-order valence-electron chi connectivity index (χ1n) is 21.5. The van der Waals surface area contributed by atoms with Gasteiger partial charge in [0.25, 0.3) is 0 Å². The van der Waals surface area contributed by atoms with E-state index >= 15 is 0 Å². The van der Waals surface area contributed by atoms with Crippen molar-refractivity contribution in [3.63, 3.8) is 0 Å². The molecule has 0 saturated carbocycles. The molecule has 2 aromatic heterocycles. The first-order valence-corrected chi connectivity index (χ1v) is 21.5. The number of carbonyl (C=O) groups is 3. The van der Waals surface area contributed by atoms with Crippen LogP contribution in [-0.4, -0.2) is 102 Å². The van der Waals surface area contributed by atoms with E-state index in [1.807, 2.05) is 42.4 Å². The van der Waals surface area contributed by atoms with Crippen molar-refractivity contribution in [3.05, 3.63) is 108 Å². The minimum Gasteiger partial charge on any atom is -0.465 e. The van der Waals surface area contributed by atoms with Gasteiger partial charge >= 0.3 is 6.09 Å². The van der Waals surface area contributed by atoms with Crippen LogP contribution in [0.15, 0.2) is 91.3 Å². The number of aromatic nitrogens is 4. The highest BCUT2D eigenvalue weighted by molar-refractivity contribution is 5.84. The van der Waals surface area contributed by atoms with Crippen LogP contribution < -0.4 is 0 Å². The number of benzene rings is 3. The molecule has 3 amide bonds. The summed E-state index contributed by atoms with van der Waals surface area (Å²) >= 11 is 0. The largest absolute Gasteiger partial charge is 0.465 e. The van der Waals surface area contributed by atoms with E-state index in [1.165, 1.54) is 11.3 Å². The maximum Gasteiger partial charge on any atom is 0.407 e. The second-order valence-electron chi connectivity index (χ2n) is 17.1. The fourth-order valence-corrected chi connectivity index (χ4v) is 9.83. The summed E-state index contributed by atoms with van der Waals surface area (Å²) in [5.41, 5.74) is 6.60. The number of nitrogens with zero attached hydrogens (tertiary/aromatic N) is 6. The number of imidazole rings is 2. The van der Waals surface area contributed by atoms with Gasteiger partial charge in [-0.2, -0.15) is 0 Å². The number of nitrogens with one attached hydrogen (secondary N) is 2. The SMILES string of the molecule is CC1(C(=O)N2CCC[C@H]2c2ncc(-c3ccc(-c4ccc(-c5cnc([C@@H]6CCCN6C(=O)[C@@H](c6ccccc6)N6CCCCC6)[nH]5)cc4)cc3)[nH]2)CCN(C(=O)O)CC1. The summed E-state index contributed by atoms with van der Waals surface area (Å²) < 4.78 is 0. The zero-order chi connectivity index (χ0) is 40.5. The van der Waals surface area contributed by atoms with Crippen molar-refractivity contribution in [2.75, 3.05) is 39.3 Å². The second kappa shape index (κ2) is 16.5. The van der Waals surface area contributed by atoms with Crippen LogP contribution in [0.1, 0.15) is 100 Å². The summed E-state index contributed by atoms with van der Waals surface area (Å²) in [5.74, 6) is 1.91. The van der Waals surface area contributed by atoms with Crippen molar-refractivity contribution in [2.24, 2.45) is 5.41 Å². The molecule has 12 nitrogen and oxygen atoms in total. The van der Waals surface area contributed by atoms with Crippen molar-refractivity contribution in [1.82, 2.24) is 39.5 Å². The Balaban J connectivity index is 0.849. The summed E-state index contributed by atoms with van der Waals surface area (Å²) in [6.45, 7) is 6.06. The molecule has 0 radical (unpaired) electrons. The van der Waals surface area contributed by atoms with Crippen LogP contribution in [0.25, 0.3) is 33.6 Å². The molecule has 0 unspecified atom stereocenters. The van der Waals surface area contributed by atoms with E-state index in [1.54, 1.807) is 0 Å². The van der Waals surface area contributed by atoms with Crippen molar-refractivity contribution >= 4 is 17.9 Å². The number of carboxylic acid groups (broad SMARTS) is 1. The van der Waals surface area contributed by atoms with Gasteiger partial charge in [0.1, 0.15) is 17.7 Å². The van der Waals surface area contributed by atoms with E-state index in [-0.39, 0.29) is 29.9 Å². The zero-order valence-corrected chi connectivity index (χ0v) is 33.9. The van der Waals surface area contributed by atoms with Crippen LogP contribution in [0.4, 0.5) is 4.79 Å². The molecule has 4 aliphatic rings. The minimum atomic E-state index is -0.921. The van der Waals surface area contributed by atoms with E-state index in [0.717, 1.165) is 109 Å². The molecule has 4 aliphatic heterocycles. The highest BCUT2D eigenvalue weighted by Gasteiger charge is 2.44. The maximum absolute atomic E-state index is 14.4. The average molecular weight is 795 g/mol. The lowest BCUT2D eigenvalue weighted by Gasteiger charge is -2.40. The zero-order valence-electron chi connectivity index (χ0n) is 33.9. The Morgan fingerprint density at radius 3 is 1.69 bits per heavy atom. The molecular weight excluding hydrogens is 741 g/mol. The van der Waals surface area contributed by atoms with Crippen LogP contribution in [0.3, 0.4) is 0 Å². The quantitative estimate of drug-likeness (QED) is 0.136. The van der Waals surface area contributed by atoms with Gasteiger partial charge in [-0.15, -0.1) is 0 Å². The normalized spacial score (nSPS) is 21.5. The molecule has 306 valence electrons. The van der Waals surface area contributed by atoms with Crippen LogP contribution >= 0.6 is 0 Å². The molecule has 4 saturated heterocycles. The lowest BCUT2D eigenvalue weighted by molar-refractivity contribution is -0.145. The van der Waals surface area contributed by atoms with Crippen molar-refractivity contribution in [3.8, 4) is 33.6 Å². The van der Waals surface area contributed by atoms with Gasteiger partial charge < -0.3 is 29.8 Å². The topological polar surface area (TPSA) is 142 Å². The monoisotopic (exact) mass is 794 g/mol. The molecule has 3 N–H and O–H groups in total. The van der Waals surface area contributed by atoms with Gasteiger partial charge in [0.15, 0.2) is 0 Å². The van der Waals surface area contributed by atoms with Gasteiger partial charge in [0.2, 0.25) is 11.8 Å². The van der Waals surface area contributed by atoms with Gasteiger partial charge in [0, 0.05) is 31.6 Å². The standard InChI is InChI=1S/C47H54N8O4/c1-47(22-28-53(29-23-47)46(58)59)45(57)55-27-9-13-40(55)43-49-31-38(51-43)35-20-16-33(17-21-35)32-14-18-34(19-15-32)37-30-48-42(50-37)39-12-8-26-54(39)44(56)41(36-10-4-2-5-11-36)52-24-6-3-7-25-52/h2,4-5,10-11,14-21,30-31,39-41H,3,6-9,12-13,22-29H2,1H3,(H,48,50)(H,49,51)(H,58,59)/t39-,40-,41+/m0/s1. The Kier molecular flexibility index (Phi) is 10.8. The van der Waals surface area contributed by atoms with Gasteiger partial charge in [-0.3, -0.25) is 14.5 Å². The Labute approximate surface area is 345 Å².